The van der Waals surface area contributed by atoms with E-state index >= 15 is 0 Å². The fourth-order valence-electron chi connectivity index (χ4n) is 2.26. The van der Waals surface area contributed by atoms with Crippen molar-refractivity contribution >= 4 is 11.6 Å². The Hall–Kier alpha value is -1.62. The van der Waals surface area contributed by atoms with Crippen LogP contribution >= 0.6 is 0 Å². The largest absolute Gasteiger partial charge is 0.385 e. The van der Waals surface area contributed by atoms with Gasteiger partial charge in [0.15, 0.2) is 0 Å². The van der Waals surface area contributed by atoms with Crippen molar-refractivity contribution in [2.75, 3.05) is 25.0 Å². The molecule has 2 atom stereocenters. The van der Waals surface area contributed by atoms with Gasteiger partial charge in [-0.3, -0.25) is 4.79 Å². The van der Waals surface area contributed by atoms with E-state index in [4.69, 9.17) is 4.74 Å². The summed E-state index contributed by atoms with van der Waals surface area (Å²) in [6.45, 7) is 3.97. The minimum Gasteiger partial charge on any atom is -0.385 e. The van der Waals surface area contributed by atoms with Crippen LogP contribution < -0.4 is 10.6 Å². The summed E-state index contributed by atoms with van der Waals surface area (Å²) in [6.07, 6.45) is 1.42. The molecular formula is C15H21FN2O2. The molecule has 110 valence electrons. The Morgan fingerprint density at radius 3 is 3.00 bits per heavy atom. The summed E-state index contributed by atoms with van der Waals surface area (Å²) in [6, 6.07) is 6.34. The molecule has 0 aromatic heterocycles. The molecule has 2 N–H and O–H groups in total. The maximum Gasteiger partial charge on any atom is 0.249 e. The van der Waals surface area contributed by atoms with Gasteiger partial charge in [0.25, 0.3) is 0 Å². The fraction of sp³-hybridized carbons (Fsp3) is 0.533. The molecule has 0 bridgehead atoms. The number of carbonyl (C=O) groups excluding carboxylic acids is 1. The predicted molar refractivity (Wildman–Crippen MR) is 76.0 cm³/mol. The van der Waals surface area contributed by atoms with Crippen molar-refractivity contribution in [3.8, 4) is 0 Å². The molecule has 1 aliphatic rings. The lowest BCUT2D eigenvalue weighted by atomic mass is 10.0. The predicted octanol–water partition coefficient (Wildman–Crippen LogP) is 2.17. The highest BCUT2D eigenvalue weighted by molar-refractivity contribution is 5.81. The van der Waals surface area contributed by atoms with E-state index in [-0.39, 0.29) is 17.8 Å². The summed E-state index contributed by atoms with van der Waals surface area (Å²) in [7, 11) is 0. The Morgan fingerprint density at radius 2 is 2.30 bits per heavy atom. The summed E-state index contributed by atoms with van der Waals surface area (Å²) in [5, 5.41) is 5.99. The van der Waals surface area contributed by atoms with Gasteiger partial charge < -0.3 is 15.4 Å². The first-order valence-electron chi connectivity index (χ1n) is 7.05. The number of hydrogen-bond donors (Lipinski definition) is 2. The number of halogens is 1. The summed E-state index contributed by atoms with van der Waals surface area (Å²) in [5.41, 5.74) is 0.754. The minimum absolute atomic E-state index is 0.0271. The Bertz CT molecular complexity index is 453. The number of amides is 1. The van der Waals surface area contributed by atoms with Gasteiger partial charge >= 0.3 is 0 Å². The first-order chi connectivity index (χ1) is 9.66. The van der Waals surface area contributed by atoms with Crippen LogP contribution in [0.2, 0.25) is 0 Å². The highest BCUT2D eigenvalue weighted by Crippen LogP contribution is 2.19. The molecule has 1 saturated heterocycles. The van der Waals surface area contributed by atoms with Gasteiger partial charge in [-0.15, -0.1) is 0 Å². The van der Waals surface area contributed by atoms with E-state index in [0.29, 0.717) is 25.6 Å². The first kappa shape index (κ1) is 14.8. The molecule has 1 aromatic carbocycles. The zero-order valence-electron chi connectivity index (χ0n) is 11.7. The quantitative estimate of drug-likeness (QED) is 0.785. The van der Waals surface area contributed by atoms with Crippen LogP contribution in [0.3, 0.4) is 0 Å². The van der Waals surface area contributed by atoms with Crippen LogP contribution in [0.4, 0.5) is 10.1 Å². The topological polar surface area (TPSA) is 50.4 Å². The van der Waals surface area contributed by atoms with E-state index in [1.165, 1.54) is 12.1 Å². The number of hydrogen-bond acceptors (Lipinski definition) is 3. The van der Waals surface area contributed by atoms with Gasteiger partial charge in [0.05, 0.1) is 0 Å². The van der Waals surface area contributed by atoms with E-state index in [1.54, 1.807) is 6.07 Å². The number of carbonyl (C=O) groups is 1. The van der Waals surface area contributed by atoms with E-state index < -0.39 is 0 Å². The summed E-state index contributed by atoms with van der Waals surface area (Å²) in [4.78, 5) is 11.8. The van der Waals surface area contributed by atoms with E-state index in [1.807, 2.05) is 13.0 Å². The number of benzene rings is 1. The van der Waals surface area contributed by atoms with Gasteiger partial charge in [0.2, 0.25) is 5.91 Å². The van der Waals surface area contributed by atoms with Crippen LogP contribution in [0.15, 0.2) is 24.3 Å². The lowest BCUT2D eigenvalue weighted by molar-refractivity contribution is -0.131. The standard InChI is InChI=1S/C15H21FN2O2/c1-11-6-9-20-14(11)15(19)18-8-3-7-17-13-5-2-4-12(16)10-13/h2,4-5,10-11,14,17H,3,6-9H2,1H3,(H,18,19)/t11-,14-/m0/s1. The molecule has 1 heterocycles. The number of anilines is 1. The Labute approximate surface area is 118 Å². The van der Waals surface area contributed by atoms with E-state index in [0.717, 1.165) is 18.5 Å². The average Bonchev–Trinajstić information content (AvgIpc) is 2.84. The molecule has 1 fully saturated rings. The average molecular weight is 280 g/mol. The molecule has 4 nitrogen and oxygen atoms in total. The second-order valence-corrected chi connectivity index (χ2v) is 5.14. The fourth-order valence-corrected chi connectivity index (χ4v) is 2.26. The lowest BCUT2D eigenvalue weighted by Gasteiger charge is -2.14. The number of rotatable bonds is 6. The molecule has 0 spiro atoms. The third-order valence-corrected chi connectivity index (χ3v) is 3.45. The van der Waals surface area contributed by atoms with Crippen molar-refractivity contribution < 1.29 is 13.9 Å². The zero-order chi connectivity index (χ0) is 14.4. The summed E-state index contributed by atoms with van der Waals surface area (Å²) >= 11 is 0. The van der Waals surface area contributed by atoms with Gasteiger partial charge in [-0.2, -0.15) is 0 Å². The monoisotopic (exact) mass is 280 g/mol. The van der Waals surface area contributed by atoms with Crippen molar-refractivity contribution in [2.24, 2.45) is 5.92 Å². The van der Waals surface area contributed by atoms with Crippen molar-refractivity contribution in [3.63, 3.8) is 0 Å². The highest BCUT2D eigenvalue weighted by Gasteiger charge is 2.30. The normalized spacial score (nSPS) is 21.7. The Balaban J connectivity index is 1.61. The van der Waals surface area contributed by atoms with Gasteiger partial charge in [-0.1, -0.05) is 13.0 Å². The SMILES string of the molecule is C[C@H]1CCO[C@@H]1C(=O)NCCCNc1cccc(F)c1. The molecule has 0 radical (unpaired) electrons. The zero-order valence-corrected chi connectivity index (χ0v) is 11.7. The van der Waals surface area contributed by atoms with Gasteiger partial charge in [-0.05, 0) is 37.0 Å². The second-order valence-electron chi connectivity index (χ2n) is 5.14. The van der Waals surface area contributed by atoms with Gasteiger partial charge in [0, 0.05) is 25.4 Å². The molecule has 0 aliphatic carbocycles. The summed E-state index contributed by atoms with van der Waals surface area (Å²) in [5.74, 6) is 0.0110. The molecule has 0 saturated carbocycles. The lowest BCUT2D eigenvalue weighted by Crippen LogP contribution is -2.38. The minimum atomic E-state index is -0.300. The smallest absolute Gasteiger partial charge is 0.249 e. The van der Waals surface area contributed by atoms with Crippen LogP contribution in [0.25, 0.3) is 0 Å². The third-order valence-electron chi connectivity index (χ3n) is 3.45. The second kappa shape index (κ2) is 7.24. The molecule has 0 unspecified atom stereocenters. The van der Waals surface area contributed by atoms with Crippen molar-refractivity contribution in [1.82, 2.24) is 5.32 Å². The molecule has 20 heavy (non-hydrogen) atoms. The van der Waals surface area contributed by atoms with Crippen LogP contribution in [-0.2, 0) is 9.53 Å². The molecule has 1 aliphatic heterocycles. The van der Waals surface area contributed by atoms with Crippen LogP contribution in [0.1, 0.15) is 19.8 Å². The van der Waals surface area contributed by atoms with Crippen molar-refractivity contribution in [1.29, 1.82) is 0 Å². The third kappa shape index (κ3) is 4.20. The van der Waals surface area contributed by atoms with Crippen LogP contribution in [-0.4, -0.2) is 31.7 Å². The number of ether oxygens (including phenoxy) is 1. The highest BCUT2D eigenvalue weighted by atomic mass is 19.1. The molecule has 2 rings (SSSR count). The van der Waals surface area contributed by atoms with E-state index in [2.05, 4.69) is 10.6 Å². The molecule has 5 heteroatoms. The van der Waals surface area contributed by atoms with Crippen LogP contribution in [0, 0.1) is 11.7 Å². The number of nitrogens with one attached hydrogen (secondary N) is 2. The Morgan fingerprint density at radius 1 is 1.45 bits per heavy atom. The summed E-state index contributed by atoms with van der Waals surface area (Å²) < 4.78 is 18.3. The van der Waals surface area contributed by atoms with Crippen molar-refractivity contribution in [2.45, 2.75) is 25.9 Å². The molecule has 1 amide bonds. The maximum atomic E-state index is 12.9. The van der Waals surface area contributed by atoms with E-state index in [9.17, 15) is 9.18 Å². The first-order valence-corrected chi connectivity index (χ1v) is 7.05. The van der Waals surface area contributed by atoms with Crippen LogP contribution in [0.5, 0.6) is 0 Å². The molecular weight excluding hydrogens is 259 g/mol. The van der Waals surface area contributed by atoms with Crippen molar-refractivity contribution in [3.05, 3.63) is 30.1 Å². The van der Waals surface area contributed by atoms with Gasteiger partial charge in [-0.25, -0.2) is 4.39 Å². The molecule has 1 aromatic rings. The van der Waals surface area contributed by atoms with Gasteiger partial charge in [0.1, 0.15) is 11.9 Å². The Kier molecular flexibility index (Phi) is 5.35. The maximum absolute atomic E-state index is 12.9.